The average Bonchev–Trinajstić information content (AvgIpc) is 3.65. The second-order valence-electron chi connectivity index (χ2n) is 9.04. The Balaban J connectivity index is 1.48. The number of anilines is 1. The Bertz CT molecular complexity index is 1580. The Hall–Kier alpha value is -4.93. The second kappa shape index (κ2) is 11.6. The van der Waals surface area contributed by atoms with Gasteiger partial charge in [-0.2, -0.15) is 5.21 Å². The number of tetrazole rings is 1. The van der Waals surface area contributed by atoms with Gasteiger partial charge in [-0.1, -0.05) is 54.8 Å². The average molecular weight is 525 g/mol. The number of aryl methyl sites for hydroxylation is 1. The number of methoxy groups -OCH3 is 1. The molecule has 39 heavy (non-hydrogen) atoms. The zero-order valence-corrected chi connectivity index (χ0v) is 21.7. The van der Waals surface area contributed by atoms with Gasteiger partial charge in [-0.3, -0.25) is 14.7 Å². The SMILES string of the molecule is CCCCc1ncc(C(=O)N(Cc2ccc3ccccc3n2)c2nn[nH]n2)n1Cc1ccc(C(=O)OC)cc1. The molecular formula is C28H28N8O3. The molecule has 11 heteroatoms. The molecule has 0 atom stereocenters. The zero-order valence-electron chi connectivity index (χ0n) is 21.7. The molecule has 0 fully saturated rings. The van der Waals surface area contributed by atoms with Crippen LogP contribution in [0.1, 0.15) is 57.7 Å². The van der Waals surface area contributed by atoms with E-state index in [1.807, 2.05) is 53.1 Å². The fourth-order valence-corrected chi connectivity index (χ4v) is 4.34. The van der Waals surface area contributed by atoms with Gasteiger partial charge in [0.05, 0.1) is 36.6 Å². The maximum absolute atomic E-state index is 14.0. The molecule has 0 aliphatic rings. The van der Waals surface area contributed by atoms with Crippen molar-refractivity contribution in [1.82, 2.24) is 35.2 Å². The topological polar surface area (TPSA) is 132 Å². The quantitative estimate of drug-likeness (QED) is 0.272. The summed E-state index contributed by atoms with van der Waals surface area (Å²) in [5.41, 5.74) is 3.28. The van der Waals surface area contributed by atoms with Crippen LogP contribution in [0.2, 0.25) is 0 Å². The van der Waals surface area contributed by atoms with Gasteiger partial charge in [-0.15, -0.1) is 5.10 Å². The first kappa shape index (κ1) is 25.7. The first-order chi connectivity index (χ1) is 19.1. The lowest BCUT2D eigenvalue weighted by Gasteiger charge is -2.20. The van der Waals surface area contributed by atoms with Gasteiger partial charge in [0.1, 0.15) is 11.5 Å². The smallest absolute Gasteiger partial charge is 0.337 e. The predicted octanol–water partition coefficient (Wildman–Crippen LogP) is 3.97. The molecule has 0 aliphatic carbocycles. The van der Waals surface area contributed by atoms with E-state index >= 15 is 0 Å². The number of hydrogen-bond acceptors (Lipinski definition) is 8. The van der Waals surface area contributed by atoms with Crippen LogP contribution < -0.4 is 4.90 Å². The van der Waals surface area contributed by atoms with E-state index in [0.717, 1.165) is 41.6 Å². The molecule has 0 unspecified atom stereocenters. The minimum absolute atomic E-state index is 0.139. The highest BCUT2D eigenvalue weighted by Gasteiger charge is 2.27. The number of nitrogens with zero attached hydrogens (tertiary/aromatic N) is 7. The third-order valence-electron chi connectivity index (χ3n) is 6.42. The zero-order chi connectivity index (χ0) is 27.2. The number of aromatic nitrogens is 7. The lowest BCUT2D eigenvalue weighted by atomic mass is 10.1. The van der Waals surface area contributed by atoms with Gasteiger partial charge in [0.25, 0.3) is 11.9 Å². The van der Waals surface area contributed by atoms with E-state index in [4.69, 9.17) is 9.72 Å². The molecule has 0 radical (unpaired) electrons. The molecule has 2 aromatic carbocycles. The van der Waals surface area contributed by atoms with Crippen LogP contribution in [0.5, 0.6) is 0 Å². The Morgan fingerprint density at radius 3 is 2.62 bits per heavy atom. The third-order valence-corrected chi connectivity index (χ3v) is 6.42. The van der Waals surface area contributed by atoms with Crippen LogP contribution >= 0.6 is 0 Å². The van der Waals surface area contributed by atoms with Crippen molar-refractivity contribution in [1.29, 1.82) is 0 Å². The van der Waals surface area contributed by atoms with Crippen molar-refractivity contribution in [2.75, 3.05) is 12.0 Å². The fourth-order valence-electron chi connectivity index (χ4n) is 4.34. The summed E-state index contributed by atoms with van der Waals surface area (Å²) in [7, 11) is 1.35. The Labute approximate surface area is 224 Å². The number of esters is 1. The summed E-state index contributed by atoms with van der Waals surface area (Å²) in [5.74, 6) is 0.212. The van der Waals surface area contributed by atoms with E-state index in [1.165, 1.54) is 12.0 Å². The van der Waals surface area contributed by atoms with E-state index < -0.39 is 5.97 Å². The molecular weight excluding hydrogens is 496 g/mol. The number of rotatable bonds is 10. The van der Waals surface area contributed by atoms with Crippen molar-refractivity contribution < 1.29 is 14.3 Å². The summed E-state index contributed by atoms with van der Waals surface area (Å²) < 4.78 is 6.71. The molecule has 0 spiro atoms. The second-order valence-corrected chi connectivity index (χ2v) is 9.04. The van der Waals surface area contributed by atoms with Gasteiger partial charge in [0, 0.05) is 18.4 Å². The number of aromatic amines is 1. The number of unbranched alkanes of at least 4 members (excludes halogenated alkanes) is 1. The van der Waals surface area contributed by atoms with E-state index in [-0.39, 0.29) is 18.4 Å². The number of fused-ring (bicyclic) bond motifs is 1. The van der Waals surface area contributed by atoms with Crippen LogP contribution in [-0.2, 0) is 24.2 Å². The van der Waals surface area contributed by atoms with Crippen LogP contribution in [0, 0.1) is 0 Å². The van der Waals surface area contributed by atoms with E-state index in [9.17, 15) is 9.59 Å². The molecule has 5 aromatic rings. The van der Waals surface area contributed by atoms with Gasteiger partial charge >= 0.3 is 5.97 Å². The highest BCUT2D eigenvalue weighted by molar-refractivity contribution is 6.03. The van der Waals surface area contributed by atoms with Gasteiger partial charge in [0.15, 0.2) is 0 Å². The van der Waals surface area contributed by atoms with Crippen molar-refractivity contribution in [3.05, 3.63) is 95.2 Å². The molecule has 3 heterocycles. The van der Waals surface area contributed by atoms with Crippen LogP contribution in [-0.4, -0.2) is 54.1 Å². The number of ether oxygens (including phenoxy) is 1. The van der Waals surface area contributed by atoms with Gasteiger partial charge in [0.2, 0.25) is 0 Å². The molecule has 0 saturated carbocycles. The number of amides is 1. The Morgan fingerprint density at radius 2 is 1.87 bits per heavy atom. The maximum atomic E-state index is 14.0. The summed E-state index contributed by atoms with van der Waals surface area (Å²) in [6, 6.07) is 18.8. The molecule has 1 N–H and O–H groups in total. The minimum Gasteiger partial charge on any atom is -0.465 e. The number of benzene rings is 2. The summed E-state index contributed by atoms with van der Waals surface area (Å²) >= 11 is 0. The standard InChI is InChI=1S/C28H28N8O3/c1-3-4-9-25-29-16-24(35(25)17-19-10-12-21(13-11-19)27(38)39-2)26(37)36(28-31-33-34-32-28)18-22-15-14-20-7-5-6-8-23(20)30-22/h5-8,10-16H,3-4,9,17-18H2,1-2H3,(H,31,32,33,34). The molecule has 0 bridgehead atoms. The number of hydrogen-bond donors (Lipinski definition) is 1. The van der Waals surface area contributed by atoms with E-state index in [0.29, 0.717) is 23.5 Å². The number of carbonyl (C=O) groups is 2. The van der Waals surface area contributed by atoms with Crippen molar-refractivity contribution >= 4 is 28.7 Å². The Kier molecular flexibility index (Phi) is 7.67. The monoisotopic (exact) mass is 524 g/mol. The van der Waals surface area contributed by atoms with E-state index in [1.54, 1.807) is 18.3 Å². The third kappa shape index (κ3) is 5.66. The molecule has 198 valence electrons. The van der Waals surface area contributed by atoms with Crippen LogP contribution in [0.3, 0.4) is 0 Å². The lowest BCUT2D eigenvalue weighted by Crippen LogP contribution is -2.33. The number of imidazole rings is 1. The number of pyridine rings is 1. The van der Waals surface area contributed by atoms with Gasteiger partial charge in [-0.05, 0) is 41.5 Å². The highest BCUT2D eigenvalue weighted by atomic mass is 16.5. The van der Waals surface area contributed by atoms with E-state index in [2.05, 4.69) is 32.5 Å². The molecule has 5 rings (SSSR count). The van der Waals surface area contributed by atoms with Crippen LogP contribution in [0.4, 0.5) is 5.95 Å². The predicted molar refractivity (Wildman–Crippen MR) is 144 cm³/mol. The van der Waals surface area contributed by atoms with Gasteiger partial charge in [-0.25, -0.2) is 9.78 Å². The Morgan fingerprint density at radius 1 is 1.05 bits per heavy atom. The summed E-state index contributed by atoms with van der Waals surface area (Å²) in [4.78, 5) is 36.7. The van der Waals surface area contributed by atoms with Crippen molar-refractivity contribution in [3.63, 3.8) is 0 Å². The fraction of sp³-hybridized carbons (Fsp3) is 0.250. The molecule has 0 saturated heterocycles. The number of nitrogens with one attached hydrogen (secondary N) is 1. The normalized spacial score (nSPS) is 11.0. The van der Waals surface area contributed by atoms with Crippen LogP contribution in [0.15, 0.2) is 66.9 Å². The molecule has 0 aliphatic heterocycles. The van der Waals surface area contributed by atoms with Gasteiger partial charge < -0.3 is 9.30 Å². The maximum Gasteiger partial charge on any atom is 0.337 e. The number of para-hydroxylation sites is 1. The number of carbonyl (C=O) groups excluding carboxylic acids is 2. The summed E-state index contributed by atoms with van der Waals surface area (Å²) in [6.45, 7) is 2.65. The van der Waals surface area contributed by atoms with Crippen molar-refractivity contribution in [3.8, 4) is 0 Å². The van der Waals surface area contributed by atoms with Crippen LogP contribution in [0.25, 0.3) is 10.9 Å². The summed E-state index contributed by atoms with van der Waals surface area (Å²) in [6.07, 6.45) is 4.24. The molecule has 11 nitrogen and oxygen atoms in total. The number of H-pyrrole nitrogens is 1. The first-order valence-electron chi connectivity index (χ1n) is 12.7. The largest absolute Gasteiger partial charge is 0.465 e. The lowest BCUT2D eigenvalue weighted by molar-refractivity contribution is 0.0600. The minimum atomic E-state index is -0.401. The summed E-state index contributed by atoms with van der Waals surface area (Å²) in [5, 5.41) is 15.3. The highest BCUT2D eigenvalue weighted by Crippen LogP contribution is 2.20. The molecule has 3 aromatic heterocycles. The molecule has 1 amide bonds. The first-order valence-corrected chi connectivity index (χ1v) is 12.7. The van der Waals surface area contributed by atoms with Crippen molar-refractivity contribution in [2.45, 2.75) is 39.3 Å². The van der Waals surface area contributed by atoms with Crippen molar-refractivity contribution in [2.24, 2.45) is 0 Å².